The fourth-order valence-electron chi connectivity index (χ4n) is 2.81. The first kappa shape index (κ1) is 17.6. The van der Waals surface area contributed by atoms with Crippen LogP contribution in [0.25, 0.3) is 11.0 Å². The van der Waals surface area contributed by atoms with Crippen LogP contribution in [0.4, 0.5) is 14.5 Å². The van der Waals surface area contributed by atoms with Gasteiger partial charge in [-0.3, -0.25) is 9.48 Å². The Morgan fingerprint density at radius 3 is 2.89 bits per heavy atom. The second-order valence-electron chi connectivity index (χ2n) is 7.50. The Morgan fingerprint density at radius 1 is 1.48 bits per heavy atom. The highest BCUT2D eigenvalue weighted by Crippen LogP contribution is 2.52. The summed E-state index contributed by atoms with van der Waals surface area (Å²) in [6.07, 6.45) is 2.52. The highest BCUT2D eigenvalue weighted by molar-refractivity contribution is 6.05. The number of anilines is 1. The number of amides is 1. The van der Waals surface area contributed by atoms with Crippen LogP contribution in [0.1, 0.15) is 42.5 Å². The zero-order chi connectivity index (χ0) is 19.4. The highest BCUT2D eigenvalue weighted by Gasteiger charge is 2.59. The number of nitrogens with zero attached hydrogens (tertiary/aromatic N) is 3. The van der Waals surface area contributed by atoms with Crippen molar-refractivity contribution < 1.29 is 18.7 Å². The van der Waals surface area contributed by atoms with E-state index in [0.29, 0.717) is 28.1 Å². The molecule has 2 heterocycles. The minimum absolute atomic E-state index is 0.0653. The minimum Gasteiger partial charge on any atom is -0.395 e. The predicted molar refractivity (Wildman–Crippen MR) is 95.0 cm³/mol. The molecule has 7 nitrogen and oxygen atoms in total. The van der Waals surface area contributed by atoms with Crippen molar-refractivity contribution in [3.05, 3.63) is 42.0 Å². The summed E-state index contributed by atoms with van der Waals surface area (Å²) >= 11 is 0. The van der Waals surface area contributed by atoms with E-state index in [1.165, 1.54) is 17.1 Å². The van der Waals surface area contributed by atoms with Gasteiger partial charge in [0.2, 0.25) is 0 Å². The number of aromatic nitrogens is 4. The predicted octanol–water partition coefficient (Wildman–Crippen LogP) is 2.86. The summed E-state index contributed by atoms with van der Waals surface area (Å²) in [6.45, 7) is 3.66. The van der Waals surface area contributed by atoms with E-state index >= 15 is 0 Å². The van der Waals surface area contributed by atoms with Crippen LogP contribution in [0.3, 0.4) is 0 Å². The largest absolute Gasteiger partial charge is 0.395 e. The van der Waals surface area contributed by atoms with Crippen molar-refractivity contribution in [3.63, 3.8) is 0 Å². The van der Waals surface area contributed by atoms with Gasteiger partial charge in [0.15, 0.2) is 0 Å². The van der Waals surface area contributed by atoms with Gasteiger partial charge in [0.05, 0.1) is 29.5 Å². The van der Waals surface area contributed by atoms with Crippen LogP contribution in [0, 0.1) is 0 Å². The number of alkyl halides is 2. The number of benzene rings is 1. The maximum atomic E-state index is 13.1. The molecule has 2 aromatic heterocycles. The third kappa shape index (κ3) is 3.18. The number of fused-ring (bicyclic) bond motifs is 1. The Bertz CT molecular complexity index is 1020. The molecule has 1 unspecified atom stereocenters. The van der Waals surface area contributed by atoms with Gasteiger partial charge in [-0.1, -0.05) is 13.8 Å². The van der Waals surface area contributed by atoms with Gasteiger partial charge in [0, 0.05) is 23.6 Å². The molecule has 0 aliphatic heterocycles. The molecule has 0 spiro atoms. The number of imidazole rings is 1. The molecule has 1 amide bonds. The summed E-state index contributed by atoms with van der Waals surface area (Å²) in [5, 5.41) is 16.0. The van der Waals surface area contributed by atoms with Crippen LogP contribution in [0.5, 0.6) is 0 Å². The standard InChI is InChI=1S/C18H19F2N5O2/c1-17(2,9-26)16-23-12-4-3-10(5-13(12)24-16)15(27)22-11-7-21-25(8-11)14-6-18(14,19)20/h3-5,7-8,14,26H,6,9H2,1-2H3,(H,22,27)(H,23,24). The molecule has 142 valence electrons. The lowest BCUT2D eigenvalue weighted by atomic mass is 9.94. The van der Waals surface area contributed by atoms with E-state index < -0.39 is 17.4 Å². The molecule has 0 bridgehead atoms. The Balaban J connectivity index is 1.53. The lowest BCUT2D eigenvalue weighted by molar-refractivity contribution is 0.0983. The van der Waals surface area contributed by atoms with E-state index in [0.717, 1.165) is 0 Å². The van der Waals surface area contributed by atoms with E-state index in [4.69, 9.17) is 0 Å². The molecule has 1 saturated carbocycles. The number of carbonyl (C=O) groups is 1. The molecular formula is C18H19F2N5O2. The summed E-state index contributed by atoms with van der Waals surface area (Å²) in [7, 11) is 0. The van der Waals surface area contributed by atoms with Crippen LogP contribution >= 0.6 is 0 Å². The first-order chi connectivity index (χ1) is 12.7. The molecule has 1 aliphatic carbocycles. The van der Waals surface area contributed by atoms with Gasteiger partial charge in [0.25, 0.3) is 11.8 Å². The summed E-state index contributed by atoms with van der Waals surface area (Å²) in [6, 6.07) is 4.07. The maximum Gasteiger partial charge on any atom is 0.272 e. The van der Waals surface area contributed by atoms with Crippen molar-refractivity contribution in [1.82, 2.24) is 19.7 Å². The SMILES string of the molecule is CC(C)(CO)c1nc2ccc(C(=O)Nc3cnn(C4CC4(F)F)c3)cc2[nH]1. The fraction of sp³-hybridized carbons (Fsp3) is 0.389. The first-order valence-electron chi connectivity index (χ1n) is 8.54. The molecule has 3 aromatic rings. The number of hydrogen-bond acceptors (Lipinski definition) is 4. The number of H-pyrrole nitrogens is 1. The van der Waals surface area contributed by atoms with Crippen LogP contribution in [0.2, 0.25) is 0 Å². The molecule has 1 fully saturated rings. The minimum atomic E-state index is -2.72. The third-order valence-corrected chi connectivity index (χ3v) is 4.75. The van der Waals surface area contributed by atoms with Crippen molar-refractivity contribution in [3.8, 4) is 0 Å². The van der Waals surface area contributed by atoms with Crippen molar-refractivity contribution >= 4 is 22.6 Å². The highest BCUT2D eigenvalue weighted by atomic mass is 19.3. The quantitative estimate of drug-likeness (QED) is 0.639. The lowest BCUT2D eigenvalue weighted by Crippen LogP contribution is -2.23. The van der Waals surface area contributed by atoms with Crippen molar-refractivity contribution in [2.75, 3.05) is 11.9 Å². The van der Waals surface area contributed by atoms with Crippen LogP contribution in [-0.4, -0.2) is 43.3 Å². The van der Waals surface area contributed by atoms with Crippen molar-refractivity contribution in [2.45, 2.75) is 37.6 Å². The number of carbonyl (C=O) groups excluding carboxylic acids is 1. The van der Waals surface area contributed by atoms with E-state index in [-0.39, 0.29) is 18.9 Å². The summed E-state index contributed by atoms with van der Waals surface area (Å²) in [5.74, 6) is -2.47. The molecule has 0 saturated heterocycles. The van der Waals surface area contributed by atoms with E-state index in [2.05, 4.69) is 20.4 Å². The van der Waals surface area contributed by atoms with Gasteiger partial charge in [0.1, 0.15) is 11.9 Å². The van der Waals surface area contributed by atoms with Gasteiger partial charge in [-0.15, -0.1) is 0 Å². The Labute approximate surface area is 153 Å². The van der Waals surface area contributed by atoms with Crippen molar-refractivity contribution in [1.29, 1.82) is 0 Å². The molecule has 1 atom stereocenters. The second-order valence-corrected chi connectivity index (χ2v) is 7.50. The summed E-state index contributed by atoms with van der Waals surface area (Å²) in [5.41, 5.74) is 1.58. The molecule has 0 radical (unpaired) electrons. The topological polar surface area (TPSA) is 95.8 Å². The molecule has 1 aromatic carbocycles. The lowest BCUT2D eigenvalue weighted by Gasteiger charge is -2.17. The second kappa shape index (κ2) is 5.85. The molecule has 4 rings (SSSR count). The van der Waals surface area contributed by atoms with Gasteiger partial charge < -0.3 is 15.4 Å². The smallest absolute Gasteiger partial charge is 0.272 e. The number of halogens is 2. The van der Waals surface area contributed by atoms with E-state index in [1.54, 1.807) is 18.2 Å². The number of aliphatic hydroxyl groups is 1. The maximum absolute atomic E-state index is 13.1. The number of nitrogens with one attached hydrogen (secondary N) is 2. The van der Waals surface area contributed by atoms with Crippen molar-refractivity contribution in [2.24, 2.45) is 0 Å². The number of aromatic amines is 1. The van der Waals surface area contributed by atoms with Crippen LogP contribution in [0.15, 0.2) is 30.6 Å². The first-order valence-corrected chi connectivity index (χ1v) is 8.54. The molecule has 3 N–H and O–H groups in total. The fourth-order valence-corrected chi connectivity index (χ4v) is 2.81. The molecule has 27 heavy (non-hydrogen) atoms. The number of aliphatic hydroxyl groups excluding tert-OH is 1. The normalized spacial score (nSPS) is 18.6. The van der Waals surface area contributed by atoms with Crippen LogP contribution < -0.4 is 5.32 Å². The van der Waals surface area contributed by atoms with Gasteiger partial charge in [-0.25, -0.2) is 13.8 Å². The van der Waals surface area contributed by atoms with E-state index in [9.17, 15) is 18.7 Å². The molecule has 9 heteroatoms. The zero-order valence-electron chi connectivity index (χ0n) is 14.8. The average molecular weight is 375 g/mol. The van der Waals surface area contributed by atoms with Gasteiger partial charge in [-0.05, 0) is 18.2 Å². The summed E-state index contributed by atoms with van der Waals surface area (Å²) < 4.78 is 27.4. The summed E-state index contributed by atoms with van der Waals surface area (Å²) in [4.78, 5) is 20.1. The van der Waals surface area contributed by atoms with Gasteiger partial charge >= 0.3 is 0 Å². The number of hydrogen-bond donors (Lipinski definition) is 3. The Hall–Kier alpha value is -2.81. The zero-order valence-corrected chi connectivity index (χ0v) is 14.8. The molecule has 1 aliphatic rings. The third-order valence-electron chi connectivity index (χ3n) is 4.75. The van der Waals surface area contributed by atoms with Crippen LogP contribution in [-0.2, 0) is 5.41 Å². The Kier molecular flexibility index (Phi) is 3.81. The average Bonchev–Trinajstić information content (AvgIpc) is 2.99. The van der Waals surface area contributed by atoms with Gasteiger partial charge in [-0.2, -0.15) is 5.10 Å². The number of rotatable bonds is 5. The monoisotopic (exact) mass is 375 g/mol. The Morgan fingerprint density at radius 2 is 2.22 bits per heavy atom. The van der Waals surface area contributed by atoms with E-state index in [1.807, 2.05) is 13.8 Å². The molecular weight excluding hydrogens is 356 g/mol.